The van der Waals surface area contributed by atoms with E-state index in [1.165, 1.54) is 0 Å². The van der Waals surface area contributed by atoms with E-state index < -0.39 is 0 Å². The lowest BCUT2D eigenvalue weighted by Gasteiger charge is -2.06. The number of hydrogen-bond donors (Lipinski definition) is 3. The van der Waals surface area contributed by atoms with Gasteiger partial charge in [0.2, 0.25) is 0 Å². The number of aliphatic hydroxyl groups is 1. The van der Waals surface area contributed by atoms with Crippen molar-refractivity contribution in [3.8, 4) is 0 Å². The van der Waals surface area contributed by atoms with Gasteiger partial charge in [-0.2, -0.15) is 0 Å². The first kappa shape index (κ1) is 10.7. The first-order chi connectivity index (χ1) is 6.86. The fourth-order valence-corrected chi connectivity index (χ4v) is 0.973. The summed E-state index contributed by atoms with van der Waals surface area (Å²) >= 11 is 0. The van der Waals surface area contributed by atoms with Crippen molar-refractivity contribution < 1.29 is 5.11 Å². The predicted molar refractivity (Wildman–Crippen MR) is 56.4 cm³/mol. The van der Waals surface area contributed by atoms with Gasteiger partial charge in [-0.25, -0.2) is 4.98 Å². The lowest BCUT2D eigenvalue weighted by Crippen LogP contribution is -2.09. The molecule has 1 aromatic rings. The molecule has 1 heterocycles. The molecule has 0 fully saturated rings. The van der Waals surface area contributed by atoms with Crippen LogP contribution in [0.2, 0.25) is 0 Å². The van der Waals surface area contributed by atoms with Crippen LogP contribution in [0.5, 0.6) is 0 Å². The summed E-state index contributed by atoms with van der Waals surface area (Å²) in [7, 11) is 0. The highest BCUT2D eigenvalue weighted by molar-refractivity contribution is 5.41. The Labute approximate surface area is 83.6 Å². The average molecular weight is 196 g/mol. The minimum atomic E-state index is 0.0916. The number of nitrogens with one attached hydrogen (secondary N) is 2. The molecule has 0 aliphatic carbocycles. The fourth-order valence-electron chi connectivity index (χ4n) is 0.973. The largest absolute Gasteiger partial charge is 0.395 e. The van der Waals surface area contributed by atoms with Gasteiger partial charge >= 0.3 is 0 Å². The Morgan fingerprint density at radius 2 is 1.86 bits per heavy atom. The van der Waals surface area contributed by atoms with Crippen molar-refractivity contribution in [2.24, 2.45) is 0 Å². The van der Waals surface area contributed by atoms with E-state index >= 15 is 0 Å². The van der Waals surface area contributed by atoms with Crippen molar-refractivity contribution in [2.45, 2.75) is 13.3 Å². The molecule has 0 amide bonds. The highest BCUT2D eigenvalue weighted by Crippen LogP contribution is 2.05. The number of anilines is 2. The van der Waals surface area contributed by atoms with Gasteiger partial charge in [-0.05, 0) is 6.42 Å². The van der Waals surface area contributed by atoms with Gasteiger partial charge in [0, 0.05) is 13.1 Å². The Balaban J connectivity index is 2.50. The maximum atomic E-state index is 8.61. The van der Waals surface area contributed by atoms with Crippen molar-refractivity contribution in [1.29, 1.82) is 0 Å². The zero-order valence-corrected chi connectivity index (χ0v) is 8.32. The van der Waals surface area contributed by atoms with E-state index in [9.17, 15) is 0 Å². The van der Waals surface area contributed by atoms with Gasteiger partial charge in [-0.3, -0.25) is 4.98 Å². The quantitative estimate of drug-likeness (QED) is 0.625. The van der Waals surface area contributed by atoms with Crippen LogP contribution in [0.15, 0.2) is 12.4 Å². The lowest BCUT2D eigenvalue weighted by molar-refractivity contribution is 0.311. The van der Waals surface area contributed by atoms with Crippen LogP contribution in [-0.2, 0) is 0 Å². The molecule has 3 N–H and O–H groups in total. The van der Waals surface area contributed by atoms with Gasteiger partial charge in [0.1, 0.15) is 11.6 Å². The maximum absolute atomic E-state index is 8.61. The van der Waals surface area contributed by atoms with E-state index in [1.807, 2.05) is 0 Å². The van der Waals surface area contributed by atoms with E-state index in [2.05, 4.69) is 27.5 Å². The van der Waals surface area contributed by atoms with Crippen LogP contribution in [-0.4, -0.2) is 34.8 Å². The van der Waals surface area contributed by atoms with Crippen molar-refractivity contribution in [1.82, 2.24) is 9.97 Å². The maximum Gasteiger partial charge on any atom is 0.147 e. The summed E-state index contributed by atoms with van der Waals surface area (Å²) in [6.45, 7) is 3.56. The normalized spacial score (nSPS) is 9.86. The second-order valence-corrected chi connectivity index (χ2v) is 2.87. The lowest BCUT2D eigenvalue weighted by atomic mass is 10.5. The highest BCUT2D eigenvalue weighted by atomic mass is 16.3. The molecule has 0 unspecified atom stereocenters. The van der Waals surface area contributed by atoms with Gasteiger partial charge in [0.25, 0.3) is 0 Å². The Kier molecular flexibility index (Phi) is 4.71. The second-order valence-electron chi connectivity index (χ2n) is 2.87. The van der Waals surface area contributed by atoms with E-state index in [0.29, 0.717) is 12.4 Å². The third-order valence-electron chi connectivity index (χ3n) is 1.61. The number of nitrogens with zero attached hydrogens (tertiary/aromatic N) is 2. The molecule has 78 valence electrons. The van der Waals surface area contributed by atoms with Gasteiger partial charge in [0.05, 0.1) is 19.0 Å². The molecule has 1 rings (SSSR count). The first-order valence-corrected chi connectivity index (χ1v) is 4.77. The summed E-state index contributed by atoms with van der Waals surface area (Å²) < 4.78 is 0. The summed E-state index contributed by atoms with van der Waals surface area (Å²) in [5, 5.41) is 14.7. The van der Waals surface area contributed by atoms with E-state index in [0.717, 1.165) is 18.8 Å². The number of rotatable bonds is 6. The molecular weight excluding hydrogens is 180 g/mol. The van der Waals surface area contributed by atoms with Crippen molar-refractivity contribution in [3.63, 3.8) is 0 Å². The van der Waals surface area contributed by atoms with Crippen molar-refractivity contribution >= 4 is 11.6 Å². The number of aliphatic hydroxyl groups excluding tert-OH is 1. The Morgan fingerprint density at radius 3 is 2.43 bits per heavy atom. The third-order valence-corrected chi connectivity index (χ3v) is 1.61. The molecule has 0 aromatic carbocycles. The van der Waals surface area contributed by atoms with E-state index in [-0.39, 0.29) is 6.61 Å². The van der Waals surface area contributed by atoms with Crippen LogP contribution in [0.1, 0.15) is 13.3 Å². The minimum Gasteiger partial charge on any atom is -0.395 e. The minimum absolute atomic E-state index is 0.0916. The molecule has 1 aromatic heterocycles. The fraction of sp³-hybridized carbons (Fsp3) is 0.556. The van der Waals surface area contributed by atoms with Gasteiger partial charge in [0.15, 0.2) is 0 Å². The molecule has 5 heteroatoms. The predicted octanol–water partition coefficient (Wildman–Crippen LogP) is 0.703. The monoisotopic (exact) mass is 196 g/mol. The molecule has 0 bridgehead atoms. The molecule has 0 spiro atoms. The summed E-state index contributed by atoms with van der Waals surface area (Å²) in [6.07, 6.45) is 4.36. The molecule has 0 aliphatic heterocycles. The standard InChI is InChI=1S/C9H16N4O/c1-2-3-11-8-6-10-7-9(13-8)12-4-5-14/h6-7,14H,2-5H2,1H3,(H2,11,12,13). The number of hydrogen-bond acceptors (Lipinski definition) is 5. The van der Waals surface area contributed by atoms with Crippen molar-refractivity contribution in [3.05, 3.63) is 12.4 Å². The zero-order chi connectivity index (χ0) is 10.2. The molecule has 0 saturated carbocycles. The highest BCUT2D eigenvalue weighted by Gasteiger charge is 1.96. The summed E-state index contributed by atoms with van der Waals surface area (Å²) in [4.78, 5) is 8.27. The first-order valence-electron chi connectivity index (χ1n) is 4.77. The Morgan fingerprint density at radius 1 is 1.21 bits per heavy atom. The van der Waals surface area contributed by atoms with E-state index in [4.69, 9.17) is 5.11 Å². The molecular formula is C9H16N4O. The van der Waals surface area contributed by atoms with Gasteiger partial charge < -0.3 is 15.7 Å². The van der Waals surface area contributed by atoms with E-state index in [1.54, 1.807) is 12.4 Å². The third kappa shape index (κ3) is 3.57. The number of aromatic nitrogens is 2. The van der Waals surface area contributed by atoms with Gasteiger partial charge in [-0.15, -0.1) is 0 Å². The summed E-state index contributed by atoms with van der Waals surface area (Å²) in [6, 6.07) is 0. The van der Waals surface area contributed by atoms with Crippen molar-refractivity contribution in [2.75, 3.05) is 30.3 Å². The Hall–Kier alpha value is -1.36. The SMILES string of the molecule is CCCNc1cncc(NCCO)n1. The molecule has 0 aliphatic rings. The Bertz CT molecular complexity index is 243. The molecule has 0 radical (unpaired) electrons. The second kappa shape index (κ2) is 6.15. The topological polar surface area (TPSA) is 70.1 Å². The molecule has 0 saturated heterocycles. The summed E-state index contributed by atoms with van der Waals surface area (Å²) in [5.41, 5.74) is 0. The van der Waals surface area contributed by atoms with Crippen LogP contribution in [0.25, 0.3) is 0 Å². The van der Waals surface area contributed by atoms with Crippen LogP contribution < -0.4 is 10.6 Å². The molecule has 14 heavy (non-hydrogen) atoms. The van der Waals surface area contributed by atoms with Crippen LogP contribution >= 0.6 is 0 Å². The molecule has 0 atom stereocenters. The average Bonchev–Trinajstić information content (AvgIpc) is 2.24. The smallest absolute Gasteiger partial charge is 0.147 e. The van der Waals surface area contributed by atoms with Crippen LogP contribution in [0, 0.1) is 0 Å². The summed E-state index contributed by atoms with van der Waals surface area (Å²) in [5.74, 6) is 1.44. The van der Waals surface area contributed by atoms with Crippen LogP contribution in [0.4, 0.5) is 11.6 Å². The molecule has 5 nitrogen and oxygen atoms in total. The van der Waals surface area contributed by atoms with Gasteiger partial charge in [-0.1, -0.05) is 6.92 Å². The van der Waals surface area contributed by atoms with Crippen LogP contribution in [0.3, 0.4) is 0 Å². The zero-order valence-electron chi connectivity index (χ0n) is 8.32.